The Labute approximate surface area is 238 Å². The minimum atomic E-state index is -0.868. The van der Waals surface area contributed by atoms with Crippen molar-refractivity contribution in [3.05, 3.63) is 64.4 Å². The first-order chi connectivity index (χ1) is 19.8. The molecule has 2 aliphatic carbocycles. The van der Waals surface area contributed by atoms with E-state index in [1.165, 1.54) is 21.3 Å². The van der Waals surface area contributed by atoms with Crippen molar-refractivity contribution >= 4 is 17.5 Å². The van der Waals surface area contributed by atoms with Crippen LogP contribution < -0.4 is 9.47 Å². The molecule has 4 aliphatic rings. The minimum Gasteiger partial charge on any atom is -0.504 e. The lowest BCUT2D eigenvalue weighted by molar-refractivity contribution is -0.146. The van der Waals surface area contributed by atoms with E-state index >= 15 is 0 Å². The van der Waals surface area contributed by atoms with E-state index in [2.05, 4.69) is 17.1 Å². The van der Waals surface area contributed by atoms with Crippen molar-refractivity contribution in [2.45, 2.75) is 36.8 Å². The molecule has 0 spiro atoms. The van der Waals surface area contributed by atoms with Crippen molar-refractivity contribution in [2.75, 3.05) is 42.0 Å². The number of benzene rings is 2. The number of likely N-dealkylation sites (N-methyl/N-ethyl adjacent to an activating group) is 1. The van der Waals surface area contributed by atoms with Crippen molar-refractivity contribution in [3.63, 3.8) is 0 Å². The van der Waals surface area contributed by atoms with Gasteiger partial charge in [0.25, 0.3) is 0 Å². The number of fused-ring (bicyclic) bond motifs is 1. The highest BCUT2D eigenvalue weighted by Crippen LogP contribution is 2.59. The number of ether oxygens (including phenoxy) is 4. The summed E-state index contributed by atoms with van der Waals surface area (Å²) in [4.78, 5) is 34.9. The zero-order chi connectivity index (χ0) is 29.1. The van der Waals surface area contributed by atoms with E-state index in [0.717, 1.165) is 12.1 Å². The number of esters is 1. The zero-order valence-electron chi connectivity index (χ0n) is 23.8. The van der Waals surface area contributed by atoms with E-state index in [1.54, 1.807) is 25.3 Å². The smallest absolute Gasteiger partial charge is 0.319 e. The highest BCUT2D eigenvalue weighted by molar-refractivity contribution is 6.13. The third-order valence-corrected chi connectivity index (χ3v) is 9.38. The lowest BCUT2D eigenvalue weighted by Gasteiger charge is -2.57. The van der Waals surface area contributed by atoms with Crippen LogP contribution >= 0.6 is 0 Å². The SMILES string of the molecule is COC(=O)[C@@H]1C(c2ccc(OC)cc2)=NO[C@H]1c1cc(OC)c(O)c2c1C[C@H]1[C@H]3C=C(OC)C(=O)C[C@@]23CCN1C. The number of allylic oxidation sites excluding steroid dienone is 1. The number of carbonyl (C=O) groups is 2. The third-order valence-electron chi connectivity index (χ3n) is 9.38. The van der Waals surface area contributed by atoms with Crippen LogP contribution in [0.5, 0.6) is 17.2 Å². The molecule has 216 valence electrons. The van der Waals surface area contributed by atoms with Crippen LogP contribution in [-0.4, -0.2) is 75.5 Å². The number of Topliss-reactive ketones (excluding diaryl/α,β-unsaturated/α-hetero) is 1. The van der Waals surface area contributed by atoms with E-state index in [4.69, 9.17) is 23.8 Å². The Morgan fingerprint density at radius 2 is 1.88 bits per heavy atom. The van der Waals surface area contributed by atoms with Crippen LogP contribution in [0.1, 0.15) is 41.2 Å². The average Bonchev–Trinajstić information content (AvgIpc) is 3.43. The van der Waals surface area contributed by atoms with Crippen LogP contribution in [0.25, 0.3) is 0 Å². The number of nitrogens with zero attached hydrogens (tertiary/aromatic N) is 2. The largest absolute Gasteiger partial charge is 0.504 e. The van der Waals surface area contributed by atoms with Crippen molar-refractivity contribution in [1.29, 1.82) is 0 Å². The molecule has 2 bridgehead atoms. The Balaban J connectivity index is 1.53. The molecule has 2 aromatic carbocycles. The molecule has 0 saturated carbocycles. The van der Waals surface area contributed by atoms with E-state index in [-0.39, 0.29) is 35.7 Å². The molecule has 2 aliphatic heterocycles. The summed E-state index contributed by atoms with van der Waals surface area (Å²) >= 11 is 0. The molecule has 41 heavy (non-hydrogen) atoms. The number of phenolic OH excluding ortho intramolecular Hbond substituents is 1. The molecule has 5 atom stereocenters. The number of hydrogen-bond donors (Lipinski definition) is 1. The number of phenols is 1. The molecule has 0 radical (unpaired) electrons. The first kappa shape index (κ1) is 27.1. The van der Waals surface area contributed by atoms with Gasteiger partial charge in [0, 0.05) is 40.5 Å². The maximum Gasteiger partial charge on any atom is 0.319 e. The maximum atomic E-state index is 13.3. The first-order valence-electron chi connectivity index (χ1n) is 13.7. The van der Waals surface area contributed by atoms with Crippen LogP contribution in [0.2, 0.25) is 0 Å². The van der Waals surface area contributed by atoms with Crippen LogP contribution in [0.15, 0.2) is 47.3 Å². The Morgan fingerprint density at radius 3 is 2.54 bits per heavy atom. The number of aromatic hydroxyl groups is 1. The van der Waals surface area contributed by atoms with Gasteiger partial charge in [0.15, 0.2) is 29.1 Å². The second-order valence-corrected chi connectivity index (χ2v) is 11.1. The fourth-order valence-electron chi connectivity index (χ4n) is 7.35. The average molecular weight is 563 g/mol. The van der Waals surface area contributed by atoms with Crippen LogP contribution in [-0.2, 0) is 35.7 Å². The number of hydrogen-bond acceptors (Lipinski definition) is 10. The Hall–Kier alpha value is -4.05. The molecule has 1 saturated heterocycles. The van der Waals surface area contributed by atoms with Gasteiger partial charge in [-0.05, 0) is 68.4 Å². The van der Waals surface area contributed by atoms with E-state index in [9.17, 15) is 14.7 Å². The molecule has 0 aromatic heterocycles. The number of carbonyl (C=O) groups excluding carboxylic acids is 2. The van der Waals surface area contributed by atoms with Crippen LogP contribution in [0.4, 0.5) is 0 Å². The summed E-state index contributed by atoms with van der Waals surface area (Å²) in [5, 5.41) is 16.0. The van der Waals surface area contributed by atoms with Crippen molar-refractivity contribution < 1.29 is 38.5 Å². The number of piperidine rings is 1. The highest BCUT2D eigenvalue weighted by atomic mass is 16.6. The highest BCUT2D eigenvalue weighted by Gasteiger charge is 2.58. The summed E-state index contributed by atoms with van der Waals surface area (Å²) in [5.74, 6) is -0.209. The lowest BCUT2D eigenvalue weighted by atomic mass is 9.53. The van der Waals surface area contributed by atoms with E-state index in [1.807, 2.05) is 18.2 Å². The normalized spacial score (nSPS) is 28.5. The molecule has 1 N–H and O–H groups in total. The molecule has 10 nitrogen and oxygen atoms in total. The van der Waals surface area contributed by atoms with Crippen molar-refractivity contribution in [2.24, 2.45) is 17.0 Å². The van der Waals surface area contributed by atoms with Gasteiger partial charge in [0.2, 0.25) is 0 Å². The van der Waals surface area contributed by atoms with Crippen molar-refractivity contribution in [3.8, 4) is 17.2 Å². The summed E-state index contributed by atoms with van der Waals surface area (Å²) in [6.45, 7) is 0.769. The Morgan fingerprint density at radius 1 is 1.12 bits per heavy atom. The van der Waals surface area contributed by atoms with Gasteiger partial charge >= 0.3 is 5.97 Å². The summed E-state index contributed by atoms with van der Waals surface area (Å²) < 4.78 is 21.6. The van der Waals surface area contributed by atoms with Crippen LogP contribution in [0.3, 0.4) is 0 Å². The summed E-state index contributed by atoms with van der Waals surface area (Å²) in [5.41, 5.74) is 2.71. The lowest BCUT2D eigenvalue weighted by Crippen LogP contribution is -2.60. The van der Waals surface area contributed by atoms with Gasteiger partial charge in [-0.2, -0.15) is 0 Å². The maximum absolute atomic E-state index is 13.3. The number of oxime groups is 1. The first-order valence-corrected chi connectivity index (χ1v) is 13.7. The number of likely N-dealkylation sites (tertiary alicyclic amines) is 1. The molecule has 0 unspecified atom stereocenters. The van der Waals surface area contributed by atoms with Crippen molar-refractivity contribution in [1.82, 2.24) is 4.90 Å². The molecule has 0 amide bonds. The number of methoxy groups -OCH3 is 4. The van der Waals surface area contributed by atoms with Gasteiger partial charge in [-0.1, -0.05) is 5.16 Å². The topological polar surface area (TPSA) is 116 Å². The van der Waals surface area contributed by atoms with Gasteiger partial charge in [0.1, 0.15) is 17.4 Å². The molecule has 6 rings (SSSR count). The van der Waals surface area contributed by atoms with E-state index in [0.29, 0.717) is 46.8 Å². The fraction of sp³-hybridized carbons (Fsp3) is 0.452. The predicted octanol–water partition coefficient (Wildman–Crippen LogP) is 3.29. The molecule has 10 heteroatoms. The predicted molar refractivity (Wildman–Crippen MR) is 148 cm³/mol. The molecule has 2 heterocycles. The zero-order valence-corrected chi connectivity index (χ0v) is 23.8. The molecule has 2 aromatic rings. The van der Waals surface area contributed by atoms with Gasteiger partial charge in [-0.15, -0.1) is 0 Å². The van der Waals surface area contributed by atoms with Gasteiger partial charge in [0.05, 0.1) is 28.4 Å². The molecular weight excluding hydrogens is 528 g/mol. The third kappa shape index (κ3) is 3.99. The molecule has 1 fully saturated rings. The molecular formula is C31H34N2O8. The van der Waals surface area contributed by atoms with Gasteiger partial charge < -0.3 is 33.8 Å². The van der Waals surface area contributed by atoms with Crippen LogP contribution in [0, 0.1) is 11.8 Å². The van der Waals surface area contributed by atoms with E-state index < -0.39 is 23.4 Å². The minimum absolute atomic E-state index is 0.0187. The monoisotopic (exact) mass is 562 g/mol. The summed E-state index contributed by atoms with van der Waals surface area (Å²) in [6, 6.07) is 9.01. The quantitative estimate of drug-likeness (QED) is 0.530. The number of rotatable bonds is 6. The Kier molecular flexibility index (Phi) is 6.68. The fourth-order valence-corrected chi connectivity index (χ4v) is 7.35. The number of ketones is 1. The second kappa shape index (κ2) is 10.1. The Bertz CT molecular complexity index is 1470. The summed E-state index contributed by atoms with van der Waals surface area (Å²) in [7, 11) is 8.01. The van der Waals surface area contributed by atoms with Gasteiger partial charge in [-0.25, -0.2) is 0 Å². The standard InChI is InChI=1S/C31H34N2O8/c1-33-11-10-31-15-22(34)23(38-3)14-20(31)21(33)12-18-19(13-24(39-4)28(35)26(18)31)29-25(30(36)40-5)27(32-41-29)16-6-8-17(37-2)9-7-16/h6-9,13-14,20-21,25,29,35H,10-12,15H2,1-5H3/t20-,21+,25-,29+,31-/m1/s1. The summed E-state index contributed by atoms with van der Waals surface area (Å²) in [6.07, 6.45) is 2.54. The van der Waals surface area contributed by atoms with Gasteiger partial charge in [-0.3, -0.25) is 9.59 Å². The second-order valence-electron chi connectivity index (χ2n) is 11.1.